The summed E-state index contributed by atoms with van der Waals surface area (Å²) in [6, 6.07) is 12.6. The summed E-state index contributed by atoms with van der Waals surface area (Å²) in [6.45, 7) is 6.34. The zero-order valence-electron chi connectivity index (χ0n) is 12.6. The molecule has 20 heavy (non-hydrogen) atoms. The molecule has 0 amide bonds. The molecule has 3 fully saturated rings. The van der Waals surface area contributed by atoms with Gasteiger partial charge >= 0.3 is 0 Å². The first-order valence-electron chi connectivity index (χ1n) is 8.32. The van der Waals surface area contributed by atoms with E-state index in [-0.39, 0.29) is 0 Å². The van der Waals surface area contributed by atoms with Gasteiger partial charge in [0, 0.05) is 30.7 Å². The van der Waals surface area contributed by atoms with Gasteiger partial charge < -0.3 is 0 Å². The molecule has 0 N–H and O–H groups in total. The molecule has 1 aromatic carbocycles. The second kappa shape index (κ2) is 4.85. The topological polar surface area (TPSA) is 6.48 Å². The van der Waals surface area contributed by atoms with Gasteiger partial charge in [0.15, 0.2) is 0 Å². The quantitative estimate of drug-likeness (QED) is 0.812. The minimum Gasteiger partial charge on any atom is -0.297 e. The van der Waals surface area contributed by atoms with Gasteiger partial charge in [-0.1, -0.05) is 30.3 Å². The number of piperazine rings is 1. The third-order valence-corrected chi connectivity index (χ3v) is 6.00. The summed E-state index contributed by atoms with van der Waals surface area (Å²) in [5, 5.41) is 0. The highest BCUT2D eigenvalue weighted by molar-refractivity contribution is 5.22. The van der Waals surface area contributed by atoms with Gasteiger partial charge in [-0.05, 0) is 51.1 Å². The Bertz CT molecular complexity index is 466. The van der Waals surface area contributed by atoms with Gasteiger partial charge in [-0.2, -0.15) is 0 Å². The van der Waals surface area contributed by atoms with Crippen LogP contribution in [-0.4, -0.2) is 41.0 Å². The van der Waals surface area contributed by atoms with Crippen LogP contribution in [0.1, 0.15) is 50.6 Å². The van der Waals surface area contributed by atoms with E-state index in [0.29, 0.717) is 11.6 Å². The molecule has 108 valence electrons. The Labute approximate surface area is 122 Å². The number of nitrogens with zero attached hydrogens (tertiary/aromatic N) is 2. The third kappa shape index (κ3) is 2.01. The molecule has 2 saturated heterocycles. The van der Waals surface area contributed by atoms with Gasteiger partial charge in [0.25, 0.3) is 0 Å². The van der Waals surface area contributed by atoms with Gasteiger partial charge in [0.1, 0.15) is 0 Å². The molecular formula is C18H26N2. The monoisotopic (exact) mass is 270 g/mol. The minimum absolute atomic E-state index is 0.467. The van der Waals surface area contributed by atoms with Crippen LogP contribution >= 0.6 is 0 Å². The van der Waals surface area contributed by atoms with E-state index in [2.05, 4.69) is 47.1 Å². The maximum Gasteiger partial charge on any atom is 0.0481 e. The summed E-state index contributed by atoms with van der Waals surface area (Å²) < 4.78 is 0. The van der Waals surface area contributed by atoms with E-state index in [1.165, 1.54) is 57.3 Å². The highest BCUT2D eigenvalue weighted by atomic mass is 15.3. The number of rotatable bonds is 2. The Kier molecular flexibility index (Phi) is 3.12. The van der Waals surface area contributed by atoms with Gasteiger partial charge in [0.05, 0.1) is 0 Å². The van der Waals surface area contributed by atoms with Crippen molar-refractivity contribution in [2.45, 2.75) is 56.7 Å². The lowest BCUT2D eigenvalue weighted by atomic mass is 9.75. The molecule has 1 aliphatic carbocycles. The van der Waals surface area contributed by atoms with Crippen molar-refractivity contribution in [2.24, 2.45) is 0 Å². The lowest BCUT2D eigenvalue weighted by molar-refractivity contribution is -0.0602. The van der Waals surface area contributed by atoms with Crippen molar-refractivity contribution in [3.05, 3.63) is 35.9 Å². The zero-order valence-corrected chi connectivity index (χ0v) is 12.6. The molecule has 2 nitrogen and oxygen atoms in total. The average molecular weight is 270 g/mol. The summed E-state index contributed by atoms with van der Waals surface area (Å²) in [6.07, 6.45) is 7.01. The van der Waals surface area contributed by atoms with Gasteiger partial charge in [-0.15, -0.1) is 0 Å². The van der Waals surface area contributed by atoms with Crippen LogP contribution in [0.25, 0.3) is 0 Å². The standard InChI is InChI=1S/C18H26N2/c1-18(10-6-11-18)20-13-16-9-5-12-19(16)14-17(20)15-7-3-2-4-8-15/h2-4,7-8,16-17H,5-6,9-14H2,1H3. The Morgan fingerprint density at radius 2 is 1.85 bits per heavy atom. The molecule has 1 saturated carbocycles. The fourth-order valence-corrected chi connectivity index (χ4v) is 4.55. The molecule has 2 heterocycles. The first-order chi connectivity index (χ1) is 9.76. The molecule has 4 rings (SSSR count). The summed E-state index contributed by atoms with van der Waals surface area (Å²) in [5.74, 6) is 0. The van der Waals surface area contributed by atoms with E-state index in [0.717, 1.165) is 6.04 Å². The van der Waals surface area contributed by atoms with E-state index >= 15 is 0 Å². The largest absolute Gasteiger partial charge is 0.297 e. The maximum atomic E-state index is 2.86. The van der Waals surface area contributed by atoms with Crippen molar-refractivity contribution in [1.82, 2.24) is 9.80 Å². The van der Waals surface area contributed by atoms with Gasteiger partial charge in [-0.3, -0.25) is 9.80 Å². The number of benzene rings is 1. The highest BCUT2D eigenvalue weighted by Crippen LogP contribution is 2.45. The average Bonchev–Trinajstić information content (AvgIpc) is 2.91. The lowest BCUT2D eigenvalue weighted by Crippen LogP contribution is -2.61. The minimum atomic E-state index is 0.467. The van der Waals surface area contributed by atoms with Crippen LogP contribution in [0.4, 0.5) is 0 Å². The summed E-state index contributed by atoms with van der Waals surface area (Å²) in [7, 11) is 0. The SMILES string of the molecule is CC1(N2CC3CCCN3CC2c2ccccc2)CCC1. The fourth-order valence-electron chi connectivity index (χ4n) is 4.55. The van der Waals surface area contributed by atoms with Crippen molar-refractivity contribution in [1.29, 1.82) is 0 Å². The Hall–Kier alpha value is -0.860. The molecule has 1 aromatic rings. The summed E-state index contributed by atoms with van der Waals surface area (Å²) in [4.78, 5) is 5.61. The van der Waals surface area contributed by atoms with Crippen LogP contribution in [0.2, 0.25) is 0 Å². The first kappa shape index (κ1) is 12.8. The molecule has 2 unspecified atom stereocenters. The first-order valence-corrected chi connectivity index (χ1v) is 8.32. The van der Waals surface area contributed by atoms with E-state index in [9.17, 15) is 0 Å². The van der Waals surface area contributed by atoms with Crippen molar-refractivity contribution in [3.8, 4) is 0 Å². The normalized spacial score (nSPS) is 33.6. The smallest absolute Gasteiger partial charge is 0.0481 e. The molecule has 2 atom stereocenters. The summed E-state index contributed by atoms with van der Waals surface area (Å²) >= 11 is 0. The third-order valence-electron chi connectivity index (χ3n) is 6.00. The molecule has 0 aromatic heterocycles. The summed E-state index contributed by atoms with van der Waals surface area (Å²) in [5.41, 5.74) is 1.99. The van der Waals surface area contributed by atoms with Crippen LogP contribution < -0.4 is 0 Å². The molecule has 0 spiro atoms. The molecule has 0 radical (unpaired) electrons. The predicted octanol–water partition coefficient (Wildman–Crippen LogP) is 3.45. The Balaban J connectivity index is 1.65. The molecule has 3 aliphatic rings. The zero-order chi connectivity index (χ0) is 13.6. The second-order valence-corrected chi connectivity index (χ2v) is 7.22. The lowest BCUT2D eigenvalue weighted by Gasteiger charge is -2.56. The van der Waals surface area contributed by atoms with E-state index in [1.54, 1.807) is 0 Å². The van der Waals surface area contributed by atoms with E-state index < -0.39 is 0 Å². The van der Waals surface area contributed by atoms with Crippen molar-refractivity contribution in [3.63, 3.8) is 0 Å². The molecule has 2 aliphatic heterocycles. The van der Waals surface area contributed by atoms with Gasteiger partial charge in [-0.25, -0.2) is 0 Å². The number of hydrogen-bond donors (Lipinski definition) is 0. The number of hydrogen-bond acceptors (Lipinski definition) is 2. The maximum absolute atomic E-state index is 2.86. The van der Waals surface area contributed by atoms with Gasteiger partial charge in [0.2, 0.25) is 0 Å². The van der Waals surface area contributed by atoms with E-state index in [4.69, 9.17) is 0 Å². The van der Waals surface area contributed by atoms with Crippen molar-refractivity contribution >= 4 is 0 Å². The number of fused-ring (bicyclic) bond motifs is 1. The Morgan fingerprint density at radius 3 is 2.55 bits per heavy atom. The molecule has 2 heteroatoms. The second-order valence-electron chi connectivity index (χ2n) is 7.22. The van der Waals surface area contributed by atoms with Crippen molar-refractivity contribution < 1.29 is 0 Å². The molecular weight excluding hydrogens is 244 g/mol. The van der Waals surface area contributed by atoms with Crippen LogP contribution in [0.3, 0.4) is 0 Å². The fraction of sp³-hybridized carbons (Fsp3) is 0.667. The predicted molar refractivity (Wildman–Crippen MR) is 82.7 cm³/mol. The Morgan fingerprint density at radius 1 is 1.05 bits per heavy atom. The van der Waals surface area contributed by atoms with Crippen LogP contribution in [0.5, 0.6) is 0 Å². The van der Waals surface area contributed by atoms with Crippen LogP contribution in [0.15, 0.2) is 30.3 Å². The molecule has 0 bridgehead atoms. The van der Waals surface area contributed by atoms with Crippen LogP contribution in [-0.2, 0) is 0 Å². The van der Waals surface area contributed by atoms with E-state index in [1.807, 2.05) is 0 Å². The highest BCUT2D eigenvalue weighted by Gasteiger charge is 2.46. The van der Waals surface area contributed by atoms with Crippen molar-refractivity contribution in [2.75, 3.05) is 19.6 Å². The van der Waals surface area contributed by atoms with Crippen LogP contribution in [0, 0.1) is 0 Å².